The zero-order valence-corrected chi connectivity index (χ0v) is 42.7. The van der Waals surface area contributed by atoms with Gasteiger partial charge in [-0.2, -0.15) is 0 Å². The van der Waals surface area contributed by atoms with E-state index in [1.807, 2.05) is 0 Å². The molecule has 0 saturated heterocycles. The fourth-order valence-electron chi connectivity index (χ4n) is 7.65. The van der Waals surface area contributed by atoms with Crippen LogP contribution in [0.4, 0.5) is 0 Å². The lowest BCUT2D eigenvalue weighted by Gasteiger charge is -2.18. The van der Waals surface area contributed by atoms with Gasteiger partial charge in [0, 0.05) is 19.3 Å². The van der Waals surface area contributed by atoms with Crippen LogP contribution in [0.3, 0.4) is 0 Å². The highest BCUT2D eigenvalue weighted by molar-refractivity contribution is 5.71. The van der Waals surface area contributed by atoms with E-state index in [0.717, 1.165) is 96.3 Å². The summed E-state index contributed by atoms with van der Waals surface area (Å²) in [6.07, 6.45) is 67.5. The van der Waals surface area contributed by atoms with E-state index >= 15 is 0 Å². The quantitative estimate of drug-likeness (QED) is 0.0262. The highest BCUT2D eigenvalue weighted by atomic mass is 16.6. The second kappa shape index (κ2) is 53.5. The molecular formula is C59H102O6. The predicted octanol–water partition coefficient (Wildman–Crippen LogP) is 18.2. The number of rotatable bonds is 49. The molecule has 0 rings (SSSR count). The van der Waals surface area contributed by atoms with Crippen molar-refractivity contribution >= 4 is 17.9 Å². The standard InChI is InChI=1S/C59H102O6/c1-4-7-10-13-16-19-22-25-27-29-30-31-33-34-37-40-43-46-49-52-58(61)64-55-56(54-63-57(60)51-48-45-42-39-36-24-21-18-15-12-9-6-3)65-59(62)53-50-47-44-41-38-35-32-28-26-23-20-17-14-11-8-5-2/h7,9-10,12,16,18-19,21,25,27,36,39,56H,4-6,8,11,13-15,17,20,22-24,26,28-35,37-38,40-55H2,1-3H3/b10-7-,12-9-,19-16-,21-18-,27-25-,39-36-. The first-order chi connectivity index (χ1) is 32.0. The molecule has 0 spiro atoms. The van der Waals surface area contributed by atoms with Gasteiger partial charge in [0.2, 0.25) is 0 Å². The maximum atomic E-state index is 12.8. The largest absolute Gasteiger partial charge is 0.462 e. The monoisotopic (exact) mass is 907 g/mol. The molecule has 6 heteroatoms. The number of carbonyl (C=O) groups excluding carboxylic acids is 3. The van der Waals surface area contributed by atoms with Gasteiger partial charge in [0.25, 0.3) is 0 Å². The molecule has 0 heterocycles. The Kier molecular flexibility index (Phi) is 50.9. The van der Waals surface area contributed by atoms with Crippen LogP contribution < -0.4 is 0 Å². The number of allylic oxidation sites excluding steroid dienone is 12. The first-order valence-corrected chi connectivity index (χ1v) is 27.4. The molecule has 65 heavy (non-hydrogen) atoms. The number of ether oxygens (including phenoxy) is 3. The van der Waals surface area contributed by atoms with Gasteiger partial charge in [-0.3, -0.25) is 14.4 Å². The predicted molar refractivity (Wildman–Crippen MR) is 279 cm³/mol. The van der Waals surface area contributed by atoms with Crippen molar-refractivity contribution in [2.45, 2.75) is 271 Å². The zero-order valence-electron chi connectivity index (χ0n) is 42.7. The Labute approximate surface area is 402 Å². The molecule has 1 atom stereocenters. The summed E-state index contributed by atoms with van der Waals surface area (Å²) >= 11 is 0. The third-order valence-electron chi connectivity index (χ3n) is 11.7. The van der Waals surface area contributed by atoms with E-state index in [4.69, 9.17) is 14.2 Å². The summed E-state index contributed by atoms with van der Waals surface area (Å²) in [7, 11) is 0. The van der Waals surface area contributed by atoms with Crippen molar-refractivity contribution in [3.05, 3.63) is 72.9 Å². The molecule has 0 N–H and O–H groups in total. The first-order valence-electron chi connectivity index (χ1n) is 27.4. The molecule has 0 aromatic rings. The second-order valence-electron chi connectivity index (χ2n) is 18.1. The summed E-state index contributed by atoms with van der Waals surface area (Å²) in [5, 5.41) is 0. The summed E-state index contributed by atoms with van der Waals surface area (Å²) in [6.45, 7) is 6.39. The van der Waals surface area contributed by atoms with Crippen LogP contribution in [0.1, 0.15) is 265 Å². The Morgan fingerprint density at radius 1 is 0.323 bits per heavy atom. The molecule has 0 aromatic carbocycles. The molecular weight excluding hydrogens is 805 g/mol. The van der Waals surface area contributed by atoms with Gasteiger partial charge < -0.3 is 14.2 Å². The van der Waals surface area contributed by atoms with Crippen LogP contribution in [0.5, 0.6) is 0 Å². The zero-order chi connectivity index (χ0) is 47.2. The van der Waals surface area contributed by atoms with E-state index in [1.54, 1.807) is 0 Å². The average Bonchev–Trinajstić information content (AvgIpc) is 3.30. The second-order valence-corrected chi connectivity index (χ2v) is 18.1. The number of hydrogen-bond acceptors (Lipinski definition) is 6. The molecule has 0 radical (unpaired) electrons. The van der Waals surface area contributed by atoms with Crippen molar-refractivity contribution < 1.29 is 28.6 Å². The highest BCUT2D eigenvalue weighted by Gasteiger charge is 2.19. The van der Waals surface area contributed by atoms with Crippen LogP contribution in [-0.4, -0.2) is 37.2 Å². The SMILES string of the molecule is CC/C=C\C/C=C\C/C=C\CCCCCCCCCCCC(=O)OCC(COC(=O)CCCC/C=C\C/C=C\C/C=C\CC)OC(=O)CCCCCCCCCCCCCCCCCC. The van der Waals surface area contributed by atoms with Crippen molar-refractivity contribution in [2.75, 3.05) is 13.2 Å². The van der Waals surface area contributed by atoms with E-state index in [2.05, 4.69) is 93.7 Å². The summed E-state index contributed by atoms with van der Waals surface area (Å²) in [5.74, 6) is -0.927. The van der Waals surface area contributed by atoms with Gasteiger partial charge in [-0.15, -0.1) is 0 Å². The van der Waals surface area contributed by atoms with Crippen LogP contribution in [0.2, 0.25) is 0 Å². The van der Waals surface area contributed by atoms with E-state index in [1.165, 1.54) is 128 Å². The van der Waals surface area contributed by atoms with Crippen LogP contribution in [0, 0.1) is 0 Å². The minimum atomic E-state index is -0.791. The molecule has 1 unspecified atom stereocenters. The number of hydrogen-bond donors (Lipinski definition) is 0. The lowest BCUT2D eigenvalue weighted by atomic mass is 10.0. The lowest BCUT2D eigenvalue weighted by molar-refractivity contribution is -0.167. The summed E-state index contributed by atoms with van der Waals surface area (Å²) in [4.78, 5) is 38.0. The van der Waals surface area contributed by atoms with Gasteiger partial charge in [0.15, 0.2) is 6.10 Å². The van der Waals surface area contributed by atoms with Gasteiger partial charge >= 0.3 is 17.9 Å². The number of unbranched alkanes of at least 4 members (excludes halogenated alkanes) is 26. The fraction of sp³-hybridized carbons (Fsp3) is 0.746. The van der Waals surface area contributed by atoms with Crippen LogP contribution in [0.25, 0.3) is 0 Å². The molecule has 0 aliphatic rings. The van der Waals surface area contributed by atoms with Gasteiger partial charge in [-0.25, -0.2) is 0 Å². The molecule has 0 aliphatic heterocycles. The van der Waals surface area contributed by atoms with Crippen LogP contribution in [-0.2, 0) is 28.6 Å². The van der Waals surface area contributed by atoms with Crippen LogP contribution >= 0.6 is 0 Å². The van der Waals surface area contributed by atoms with E-state index in [9.17, 15) is 14.4 Å². The van der Waals surface area contributed by atoms with Gasteiger partial charge in [-0.1, -0.05) is 235 Å². The molecule has 0 saturated carbocycles. The molecule has 0 bridgehead atoms. The van der Waals surface area contributed by atoms with Gasteiger partial charge in [-0.05, 0) is 83.5 Å². The third-order valence-corrected chi connectivity index (χ3v) is 11.7. The Morgan fingerprint density at radius 3 is 0.969 bits per heavy atom. The first kappa shape index (κ1) is 61.9. The molecule has 0 aromatic heterocycles. The summed E-state index contributed by atoms with van der Waals surface area (Å²) < 4.78 is 16.8. The van der Waals surface area contributed by atoms with E-state index in [-0.39, 0.29) is 31.1 Å². The van der Waals surface area contributed by atoms with E-state index in [0.29, 0.717) is 19.3 Å². The third kappa shape index (κ3) is 51.7. The molecule has 0 aliphatic carbocycles. The van der Waals surface area contributed by atoms with Crippen molar-refractivity contribution in [1.82, 2.24) is 0 Å². The fourth-order valence-corrected chi connectivity index (χ4v) is 7.65. The Balaban J connectivity index is 4.37. The van der Waals surface area contributed by atoms with Crippen molar-refractivity contribution in [3.8, 4) is 0 Å². The maximum Gasteiger partial charge on any atom is 0.306 e. The molecule has 0 amide bonds. The molecule has 374 valence electrons. The topological polar surface area (TPSA) is 78.9 Å². The average molecular weight is 907 g/mol. The highest BCUT2D eigenvalue weighted by Crippen LogP contribution is 2.16. The summed E-state index contributed by atoms with van der Waals surface area (Å²) in [5.41, 5.74) is 0. The summed E-state index contributed by atoms with van der Waals surface area (Å²) in [6, 6.07) is 0. The minimum Gasteiger partial charge on any atom is -0.462 e. The van der Waals surface area contributed by atoms with Gasteiger partial charge in [0.05, 0.1) is 0 Å². The van der Waals surface area contributed by atoms with E-state index < -0.39 is 6.10 Å². The normalized spacial score (nSPS) is 12.6. The van der Waals surface area contributed by atoms with Crippen molar-refractivity contribution in [1.29, 1.82) is 0 Å². The van der Waals surface area contributed by atoms with Gasteiger partial charge in [0.1, 0.15) is 13.2 Å². The van der Waals surface area contributed by atoms with Crippen LogP contribution in [0.15, 0.2) is 72.9 Å². The smallest absolute Gasteiger partial charge is 0.306 e. The lowest BCUT2D eigenvalue weighted by Crippen LogP contribution is -2.30. The minimum absolute atomic E-state index is 0.0886. The number of carbonyl (C=O) groups is 3. The number of esters is 3. The molecule has 0 fully saturated rings. The molecule has 6 nitrogen and oxygen atoms in total. The van der Waals surface area contributed by atoms with Crippen molar-refractivity contribution in [2.24, 2.45) is 0 Å². The Bertz CT molecular complexity index is 1230. The Morgan fingerprint density at radius 2 is 0.600 bits per heavy atom. The van der Waals surface area contributed by atoms with Crippen molar-refractivity contribution in [3.63, 3.8) is 0 Å². The Hall–Kier alpha value is -3.15. The maximum absolute atomic E-state index is 12.8.